The Morgan fingerprint density at radius 1 is 1.59 bits per heavy atom. The van der Waals surface area contributed by atoms with E-state index in [9.17, 15) is 4.79 Å². The summed E-state index contributed by atoms with van der Waals surface area (Å²) in [6.07, 6.45) is 1.43. The molecule has 0 aliphatic carbocycles. The van der Waals surface area contributed by atoms with Gasteiger partial charge >= 0.3 is 5.97 Å². The van der Waals surface area contributed by atoms with E-state index in [0.29, 0.717) is 13.0 Å². The van der Waals surface area contributed by atoms with Crippen LogP contribution in [0.5, 0.6) is 0 Å². The fraction of sp³-hybridized carbons (Fsp3) is 0.667. The fourth-order valence-corrected chi connectivity index (χ4v) is 1.55. The lowest BCUT2D eigenvalue weighted by Crippen LogP contribution is -2.48. The molecule has 0 aliphatic heterocycles. The number of aliphatic carboxylic acids is 1. The second-order valence-corrected chi connectivity index (χ2v) is 4.45. The lowest BCUT2D eigenvalue weighted by Gasteiger charge is -2.24. The van der Waals surface area contributed by atoms with Gasteiger partial charge in [0.25, 0.3) is 0 Å². The minimum atomic E-state index is -0.878. The maximum atomic E-state index is 11.1. The Morgan fingerprint density at radius 2 is 2.24 bits per heavy atom. The first-order valence-corrected chi connectivity index (χ1v) is 5.93. The van der Waals surface area contributed by atoms with Crippen LogP contribution < -0.4 is 5.32 Å². The Bertz CT molecular complexity index is 400. The largest absolute Gasteiger partial charge is 0.480 e. The number of rotatable bonds is 6. The highest BCUT2D eigenvalue weighted by Gasteiger charge is 2.30. The third kappa shape index (κ3) is 3.06. The first-order valence-electron chi connectivity index (χ1n) is 5.93. The van der Waals surface area contributed by atoms with Gasteiger partial charge in [-0.2, -0.15) is 5.10 Å². The van der Waals surface area contributed by atoms with Gasteiger partial charge in [-0.15, -0.1) is 0 Å². The van der Waals surface area contributed by atoms with Crippen molar-refractivity contribution in [2.45, 2.75) is 45.7 Å². The van der Waals surface area contributed by atoms with Crippen LogP contribution in [0.3, 0.4) is 0 Å². The number of aromatic nitrogens is 2. The molecule has 0 fully saturated rings. The summed E-state index contributed by atoms with van der Waals surface area (Å²) in [7, 11) is 1.88. The van der Waals surface area contributed by atoms with Crippen LogP contribution in [0.15, 0.2) is 6.07 Å². The van der Waals surface area contributed by atoms with Crippen LogP contribution in [-0.2, 0) is 24.8 Å². The highest BCUT2D eigenvalue weighted by atomic mass is 16.4. The zero-order chi connectivity index (χ0) is 13.1. The number of nitrogens with zero attached hydrogens (tertiary/aromatic N) is 2. The van der Waals surface area contributed by atoms with Crippen molar-refractivity contribution >= 4 is 5.97 Å². The predicted octanol–water partition coefficient (Wildman–Crippen LogP) is 1.33. The van der Waals surface area contributed by atoms with Gasteiger partial charge in [0.2, 0.25) is 0 Å². The van der Waals surface area contributed by atoms with Crippen molar-refractivity contribution in [3.63, 3.8) is 0 Å². The van der Waals surface area contributed by atoms with Crippen LogP contribution in [0.1, 0.15) is 38.6 Å². The van der Waals surface area contributed by atoms with Crippen LogP contribution >= 0.6 is 0 Å². The summed E-state index contributed by atoms with van der Waals surface area (Å²) in [5, 5.41) is 16.6. The lowest BCUT2D eigenvalue weighted by atomic mass is 9.99. The molecule has 5 heteroatoms. The summed E-state index contributed by atoms with van der Waals surface area (Å²) in [4.78, 5) is 11.1. The van der Waals surface area contributed by atoms with E-state index in [4.69, 9.17) is 5.11 Å². The Balaban J connectivity index is 2.72. The topological polar surface area (TPSA) is 67.2 Å². The molecule has 1 rings (SSSR count). The third-order valence-electron chi connectivity index (χ3n) is 3.23. The molecule has 0 spiro atoms. The first-order chi connectivity index (χ1) is 7.92. The van der Waals surface area contributed by atoms with E-state index in [1.165, 1.54) is 0 Å². The maximum Gasteiger partial charge on any atom is 0.323 e. The molecule has 0 amide bonds. The number of hydrogen-bond acceptors (Lipinski definition) is 3. The molecule has 1 heterocycles. The fourth-order valence-electron chi connectivity index (χ4n) is 1.55. The average Bonchev–Trinajstić information content (AvgIpc) is 2.66. The molecule has 1 aromatic heterocycles. The Kier molecular flexibility index (Phi) is 4.28. The molecule has 0 radical (unpaired) electrons. The molecule has 96 valence electrons. The predicted molar refractivity (Wildman–Crippen MR) is 65.8 cm³/mol. The molecule has 0 saturated carbocycles. The standard InChI is InChI=1S/C12H21N3O2/c1-5-9-7-10(15(4)14-9)8-13-12(3,6-2)11(16)17/h7,13H,5-6,8H2,1-4H3,(H,16,17). The van der Waals surface area contributed by atoms with Gasteiger partial charge in [-0.25, -0.2) is 0 Å². The van der Waals surface area contributed by atoms with E-state index < -0.39 is 11.5 Å². The Morgan fingerprint density at radius 3 is 2.65 bits per heavy atom. The quantitative estimate of drug-likeness (QED) is 0.786. The Hall–Kier alpha value is -1.36. The van der Waals surface area contributed by atoms with Gasteiger partial charge in [0.05, 0.1) is 11.4 Å². The average molecular weight is 239 g/mol. The molecule has 1 aromatic rings. The second kappa shape index (κ2) is 5.31. The van der Waals surface area contributed by atoms with Gasteiger partial charge in [0.15, 0.2) is 0 Å². The smallest absolute Gasteiger partial charge is 0.323 e. The number of nitrogens with one attached hydrogen (secondary N) is 1. The van der Waals surface area contributed by atoms with Crippen molar-refractivity contribution in [3.05, 3.63) is 17.5 Å². The van der Waals surface area contributed by atoms with Gasteiger partial charge in [-0.3, -0.25) is 14.8 Å². The van der Waals surface area contributed by atoms with Crippen molar-refractivity contribution in [2.75, 3.05) is 0 Å². The summed E-state index contributed by atoms with van der Waals surface area (Å²) in [5.41, 5.74) is 1.15. The molecular weight excluding hydrogens is 218 g/mol. The van der Waals surface area contributed by atoms with Crippen LogP contribution in [0.2, 0.25) is 0 Å². The number of hydrogen-bond donors (Lipinski definition) is 2. The number of aryl methyl sites for hydroxylation is 2. The summed E-state index contributed by atoms with van der Waals surface area (Å²) < 4.78 is 1.80. The zero-order valence-corrected chi connectivity index (χ0v) is 10.9. The molecule has 0 aliphatic rings. The summed E-state index contributed by atoms with van der Waals surface area (Å²) in [6.45, 7) is 6.13. The van der Waals surface area contributed by atoms with E-state index in [2.05, 4.69) is 10.4 Å². The molecular formula is C12H21N3O2. The van der Waals surface area contributed by atoms with Gasteiger partial charge in [0, 0.05) is 13.6 Å². The van der Waals surface area contributed by atoms with Crippen molar-refractivity contribution in [2.24, 2.45) is 7.05 Å². The Labute approximate surface area is 102 Å². The summed E-state index contributed by atoms with van der Waals surface area (Å²) in [5.74, 6) is -0.821. The summed E-state index contributed by atoms with van der Waals surface area (Å²) >= 11 is 0. The maximum absolute atomic E-state index is 11.1. The van der Waals surface area contributed by atoms with E-state index >= 15 is 0 Å². The minimum Gasteiger partial charge on any atom is -0.480 e. The monoisotopic (exact) mass is 239 g/mol. The van der Waals surface area contributed by atoms with Crippen LogP contribution in [0.4, 0.5) is 0 Å². The van der Waals surface area contributed by atoms with Gasteiger partial charge in [-0.05, 0) is 25.8 Å². The number of carboxylic acids is 1. The van der Waals surface area contributed by atoms with E-state index in [-0.39, 0.29) is 0 Å². The number of carbonyl (C=O) groups is 1. The van der Waals surface area contributed by atoms with Crippen molar-refractivity contribution in [3.8, 4) is 0 Å². The first kappa shape index (κ1) is 13.7. The highest BCUT2D eigenvalue weighted by Crippen LogP contribution is 2.11. The van der Waals surface area contributed by atoms with Crippen LogP contribution in [0.25, 0.3) is 0 Å². The number of carboxylic acid groups (broad SMARTS) is 1. The SMILES string of the molecule is CCc1cc(CNC(C)(CC)C(=O)O)n(C)n1. The summed E-state index contributed by atoms with van der Waals surface area (Å²) in [6, 6.07) is 2.00. The second-order valence-electron chi connectivity index (χ2n) is 4.45. The molecule has 0 saturated heterocycles. The molecule has 0 aromatic carbocycles. The van der Waals surface area contributed by atoms with E-state index in [1.807, 2.05) is 27.0 Å². The van der Waals surface area contributed by atoms with E-state index in [1.54, 1.807) is 11.6 Å². The van der Waals surface area contributed by atoms with Crippen LogP contribution in [-0.4, -0.2) is 26.4 Å². The van der Waals surface area contributed by atoms with Crippen molar-refractivity contribution < 1.29 is 9.90 Å². The molecule has 1 atom stereocenters. The third-order valence-corrected chi connectivity index (χ3v) is 3.23. The van der Waals surface area contributed by atoms with Gasteiger partial charge in [-0.1, -0.05) is 13.8 Å². The lowest BCUT2D eigenvalue weighted by molar-refractivity contribution is -0.144. The minimum absolute atomic E-state index is 0.514. The highest BCUT2D eigenvalue weighted by molar-refractivity contribution is 5.78. The van der Waals surface area contributed by atoms with Gasteiger partial charge < -0.3 is 5.11 Å². The molecule has 5 nitrogen and oxygen atoms in total. The van der Waals surface area contributed by atoms with E-state index in [0.717, 1.165) is 17.8 Å². The normalized spacial score (nSPS) is 14.6. The van der Waals surface area contributed by atoms with Crippen LogP contribution in [0, 0.1) is 0 Å². The molecule has 17 heavy (non-hydrogen) atoms. The molecule has 1 unspecified atom stereocenters. The van der Waals surface area contributed by atoms with Crippen molar-refractivity contribution in [1.29, 1.82) is 0 Å². The molecule has 2 N–H and O–H groups in total. The zero-order valence-electron chi connectivity index (χ0n) is 10.9. The molecule has 0 bridgehead atoms. The van der Waals surface area contributed by atoms with Gasteiger partial charge in [0.1, 0.15) is 5.54 Å². The van der Waals surface area contributed by atoms with Crippen molar-refractivity contribution in [1.82, 2.24) is 15.1 Å².